The first-order valence-corrected chi connectivity index (χ1v) is 10.1. The van der Waals surface area contributed by atoms with Gasteiger partial charge in [0.25, 0.3) is 0 Å². The van der Waals surface area contributed by atoms with Gasteiger partial charge in [-0.1, -0.05) is 72.8 Å². The average molecular weight is 418 g/mol. The molecule has 0 amide bonds. The molecule has 0 aromatic heterocycles. The SMILES string of the molecule is O=C(O)c1cc(-c2ccc3ccccc3c2)c(C(=O)O)cc1-c1ccc2ccccc2c1. The molecule has 0 aliphatic rings. The molecule has 0 saturated carbocycles. The van der Waals surface area contributed by atoms with Gasteiger partial charge in [0.15, 0.2) is 0 Å². The highest BCUT2D eigenvalue weighted by atomic mass is 16.4. The summed E-state index contributed by atoms with van der Waals surface area (Å²) in [6.07, 6.45) is 0. The number of carbonyl (C=O) groups is 2. The number of carboxylic acids is 2. The van der Waals surface area contributed by atoms with Gasteiger partial charge in [-0.15, -0.1) is 0 Å². The van der Waals surface area contributed by atoms with Crippen molar-refractivity contribution in [2.45, 2.75) is 0 Å². The number of hydrogen-bond acceptors (Lipinski definition) is 2. The van der Waals surface area contributed by atoms with E-state index in [1.54, 1.807) is 0 Å². The number of carboxylic acid groups (broad SMARTS) is 2. The molecule has 0 spiro atoms. The second kappa shape index (κ2) is 7.67. The molecule has 0 aliphatic heterocycles. The number of fused-ring (bicyclic) bond motifs is 2. The third-order valence-electron chi connectivity index (χ3n) is 5.74. The lowest BCUT2D eigenvalue weighted by Gasteiger charge is -2.14. The van der Waals surface area contributed by atoms with Crippen molar-refractivity contribution < 1.29 is 19.8 Å². The van der Waals surface area contributed by atoms with Gasteiger partial charge in [0.1, 0.15) is 0 Å². The quantitative estimate of drug-likeness (QED) is 0.340. The van der Waals surface area contributed by atoms with Gasteiger partial charge in [-0.2, -0.15) is 0 Å². The van der Waals surface area contributed by atoms with Crippen LogP contribution in [-0.2, 0) is 0 Å². The highest BCUT2D eigenvalue weighted by Crippen LogP contribution is 2.35. The fourth-order valence-electron chi connectivity index (χ4n) is 4.14. The van der Waals surface area contributed by atoms with Gasteiger partial charge < -0.3 is 10.2 Å². The predicted octanol–water partition coefficient (Wildman–Crippen LogP) is 6.72. The number of aromatic carboxylic acids is 2. The molecule has 4 nitrogen and oxygen atoms in total. The Bertz CT molecular complexity index is 1410. The Labute approximate surface area is 184 Å². The van der Waals surface area contributed by atoms with Crippen molar-refractivity contribution in [2.75, 3.05) is 0 Å². The summed E-state index contributed by atoms with van der Waals surface area (Å²) in [5, 5.41) is 23.9. The summed E-state index contributed by atoms with van der Waals surface area (Å²) >= 11 is 0. The van der Waals surface area contributed by atoms with Crippen LogP contribution in [0.3, 0.4) is 0 Å². The van der Waals surface area contributed by atoms with Gasteiger partial charge in [0, 0.05) is 0 Å². The average Bonchev–Trinajstić information content (AvgIpc) is 2.82. The van der Waals surface area contributed by atoms with Gasteiger partial charge in [-0.05, 0) is 68.1 Å². The molecule has 32 heavy (non-hydrogen) atoms. The van der Waals surface area contributed by atoms with Gasteiger partial charge in [0.2, 0.25) is 0 Å². The molecule has 4 heteroatoms. The number of hydrogen-bond donors (Lipinski definition) is 2. The van der Waals surface area contributed by atoms with E-state index in [2.05, 4.69) is 0 Å². The van der Waals surface area contributed by atoms with E-state index in [4.69, 9.17) is 0 Å². The smallest absolute Gasteiger partial charge is 0.336 e. The van der Waals surface area contributed by atoms with Gasteiger partial charge >= 0.3 is 11.9 Å². The Hall–Kier alpha value is -4.44. The van der Waals surface area contributed by atoms with E-state index in [9.17, 15) is 19.8 Å². The van der Waals surface area contributed by atoms with E-state index in [-0.39, 0.29) is 11.1 Å². The minimum absolute atomic E-state index is 0.0634. The van der Waals surface area contributed by atoms with E-state index in [0.717, 1.165) is 21.5 Å². The molecule has 0 unspecified atom stereocenters. The molecular weight excluding hydrogens is 400 g/mol. The van der Waals surface area contributed by atoms with Crippen molar-refractivity contribution in [1.29, 1.82) is 0 Å². The molecule has 5 aromatic rings. The maximum atomic E-state index is 12.2. The Morgan fingerprint density at radius 3 is 1.22 bits per heavy atom. The first-order valence-electron chi connectivity index (χ1n) is 10.1. The third-order valence-corrected chi connectivity index (χ3v) is 5.74. The van der Waals surface area contributed by atoms with Crippen molar-refractivity contribution in [3.05, 3.63) is 108 Å². The summed E-state index contributed by atoms with van der Waals surface area (Å²) in [5.41, 5.74) is 2.21. The van der Waals surface area contributed by atoms with E-state index < -0.39 is 11.9 Å². The fraction of sp³-hybridized carbons (Fsp3) is 0. The lowest BCUT2D eigenvalue weighted by Crippen LogP contribution is -2.06. The molecule has 5 rings (SSSR count). The van der Waals surface area contributed by atoms with Crippen molar-refractivity contribution >= 4 is 33.5 Å². The molecule has 5 aromatic carbocycles. The molecule has 0 fully saturated rings. The molecular formula is C28H18O4. The molecule has 0 atom stereocenters. The monoisotopic (exact) mass is 418 g/mol. The largest absolute Gasteiger partial charge is 0.478 e. The zero-order valence-corrected chi connectivity index (χ0v) is 16.9. The summed E-state index contributed by atoms with van der Waals surface area (Å²) in [4.78, 5) is 24.4. The van der Waals surface area contributed by atoms with Crippen LogP contribution in [0.15, 0.2) is 97.1 Å². The molecule has 0 aliphatic carbocycles. The number of rotatable bonds is 4. The first-order chi connectivity index (χ1) is 15.5. The van der Waals surface area contributed by atoms with E-state index in [1.165, 1.54) is 12.1 Å². The van der Waals surface area contributed by atoms with Gasteiger partial charge in [0.05, 0.1) is 11.1 Å². The third kappa shape index (κ3) is 3.38. The topological polar surface area (TPSA) is 74.6 Å². The van der Waals surface area contributed by atoms with Crippen LogP contribution in [-0.4, -0.2) is 22.2 Å². The first kappa shape index (κ1) is 19.5. The lowest BCUT2D eigenvalue weighted by atomic mass is 9.89. The van der Waals surface area contributed by atoms with Crippen LogP contribution in [0.25, 0.3) is 43.8 Å². The van der Waals surface area contributed by atoms with Crippen LogP contribution in [0.5, 0.6) is 0 Å². The van der Waals surface area contributed by atoms with E-state index in [0.29, 0.717) is 22.3 Å². The fourth-order valence-corrected chi connectivity index (χ4v) is 4.14. The minimum atomic E-state index is -1.10. The summed E-state index contributed by atoms with van der Waals surface area (Å²) in [6, 6.07) is 29.7. The Kier molecular flexibility index (Phi) is 4.68. The van der Waals surface area contributed by atoms with Crippen molar-refractivity contribution in [1.82, 2.24) is 0 Å². The van der Waals surface area contributed by atoms with Crippen molar-refractivity contribution in [2.24, 2.45) is 0 Å². The zero-order chi connectivity index (χ0) is 22.2. The van der Waals surface area contributed by atoms with Crippen LogP contribution < -0.4 is 0 Å². The molecule has 154 valence electrons. The van der Waals surface area contributed by atoms with E-state index in [1.807, 2.05) is 84.9 Å². The van der Waals surface area contributed by atoms with Crippen LogP contribution in [0.1, 0.15) is 20.7 Å². The summed E-state index contributed by atoms with van der Waals surface area (Å²) in [5.74, 6) is -2.21. The van der Waals surface area contributed by atoms with Crippen LogP contribution in [0, 0.1) is 0 Å². The van der Waals surface area contributed by atoms with Crippen LogP contribution in [0.4, 0.5) is 0 Å². The predicted molar refractivity (Wildman–Crippen MR) is 126 cm³/mol. The molecule has 0 bridgehead atoms. The minimum Gasteiger partial charge on any atom is -0.478 e. The van der Waals surface area contributed by atoms with Gasteiger partial charge in [-0.3, -0.25) is 0 Å². The Morgan fingerprint density at radius 2 is 0.844 bits per heavy atom. The highest BCUT2D eigenvalue weighted by molar-refractivity contribution is 6.05. The van der Waals surface area contributed by atoms with Gasteiger partial charge in [-0.25, -0.2) is 9.59 Å². The number of benzene rings is 5. The standard InChI is InChI=1S/C28H18O4/c29-27(30)25-16-24(22-12-10-18-6-2-4-8-20(18)14-22)26(28(31)32)15-23(25)21-11-9-17-5-1-3-7-19(17)13-21/h1-16H,(H,29,30)(H,31,32). The molecule has 0 heterocycles. The van der Waals surface area contributed by atoms with Crippen LogP contribution >= 0.6 is 0 Å². The van der Waals surface area contributed by atoms with E-state index >= 15 is 0 Å². The van der Waals surface area contributed by atoms with Crippen molar-refractivity contribution in [3.8, 4) is 22.3 Å². The summed E-state index contributed by atoms with van der Waals surface area (Å²) in [6.45, 7) is 0. The van der Waals surface area contributed by atoms with Crippen LogP contribution in [0.2, 0.25) is 0 Å². The zero-order valence-electron chi connectivity index (χ0n) is 16.9. The Morgan fingerprint density at radius 1 is 0.469 bits per heavy atom. The second-order valence-corrected chi connectivity index (χ2v) is 7.68. The van der Waals surface area contributed by atoms with Crippen molar-refractivity contribution in [3.63, 3.8) is 0 Å². The maximum Gasteiger partial charge on any atom is 0.336 e. The molecule has 0 radical (unpaired) electrons. The lowest BCUT2D eigenvalue weighted by molar-refractivity contribution is 0.0682. The summed E-state index contributed by atoms with van der Waals surface area (Å²) in [7, 11) is 0. The Balaban J connectivity index is 1.76. The highest BCUT2D eigenvalue weighted by Gasteiger charge is 2.21. The second-order valence-electron chi connectivity index (χ2n) is 7.68. The summed E-state index contributed by atoms with van der Waals surface area (Å²) < 4.78 is 0. The normalized spacial score (nSPS) is 11.0. The molecule has 0 saturated heterocycles. The molecule has 2 N–H and O–H groups in total. The maximum absolute atomic E-state index is 12.2.